The predicted molar refractivity (Wildman–Crippen MR) is 152 cm³/mol. The summed E-state index contributed by atoms with van der Waals surface area (Å²) in [7, 11) is -7.87. The monoisotopic (exact) mass is 578 g/mol. The van der Waals surface area contributed by atoms with E-state index >= 15 is 0 Å². The molecular formula is C26H34N4O5S3. The van der Waals surface area contributed by atoms with E-state index in [0.29, 0.717) is 26.7 Å². The fraction of sp³-hybridized carbons (Fsp3) is 0.385. The van der Waals surface area contributed by atoms with Crippen LogP contribution in [0.1, 0.15) is 54.0 Å². The largest absolute Gasteiger partial charge is 0.326 e. The van der Waals surface area contributed by atoms with Crippen LogP contribution in [-0.2, 0) is 24.8 Å². The molecule has 3 aromatic rings. The molecule has 0 atom stereocenters. The third-order valence-electron chi connectivity index (χ3n) is 4.90. The molecule has 206 valence electrons. The topological polar surface area (TPSA) is 134 Å². The number of nitrogens with one attached hydrogen (secondary N) is 3. The second-order valence-electron chi connectivity index (χ2n) is 11.1. The van der Waals surface area contributed by atoms with Crippen molar-refractivity contribution in [1.82, 2.24) is 14.4 Å². The zero-order valence-corrected chi connectivity index (χ0v) is 25.2. The molecule has 0 radical (unpaired) electrons. The van der Waals surface area contributed by atoms with Crippen LogP contribution in [0.4, 0.5) is 5.69 Å². The van der Waals surface area contributed by atoms with E-state index in [4.69, 9.17) is 0 Å². The Labute approximate surface area is 229 Å². The Balaban J connectivity index is 2.18. The molecule has 38 heavy (non-hydrogen) atoms. The van der Waals surface area contributed by atoms with Crippen molar-refractivity contribution < 1.29 is 21.6 Å². The fourth-order valence-corrected chi connectivity index (χ4v) is 8.20. The molecule has 0 aliphatic carbocycles. The average Bonchev–Trinajstić information content (AvgIpc) is 3.19. The van der Waals surface area contributed by atoms with Crippen LogP contribution in [0.5, 0.6) is 0 Å². The van der Waals surface area contributed by atoms with Crippen molar-refractivity contribution in [3.8, 4) is 21.0 Å². The van der Waals surface area contributed by atoms with Gasteiger partial charge in [0.05, 0.1) is 14.7 Å². The van der Waals surface area contributed by atoms with Crippen LogP contribution in [0.25, 0.3) is 21.0 Å². The highest BCUT2D eigenvalue weighted by atomic mass is 32.2. The van der Waals surface area contributed by atoms with Crippen LogP contribution in [0.2, 0.25) is 0 Å². The van der Waals surface area contributed by atoms with Crippen LogP contribution in [0, 0.1) is 6.92 Å². The first-order chi connectivity index (χ1) is 17.3. The van der Waals surface area contributed by atoms with E-state index in [2.05, 4.69) is 19.7 Å². The zero-order valence-electron chi connectivity index (χ0n) is 22.8. The number of sulfonamides is 2. The maximum Gasteiger partial charge on any atom is 0.241 e. The summed E-state index contributed by atoms with van der Waals surface area (Å²) in [6, 6.07) is 9.72. The van der Waals surface area contributed by atoms with E-state index in [1.165, 1.54) is 30.5 Å². The van der Waals surface area contributed by atoms with Gasteiger partial charge in [-0.15, -0.1) is 11.3 Å². The lowest BCUT2D eigenvalue weighted by molar-refractivity contribution is -0.114. The number of rotatable bonds is 7. The highest BCUT2D eigenvalue weighted by Crippen LogP contribution is 2.39. The number of carbonyl (C=O) groups excluding carboxylic acids is 1. The molecule has 1 aromatic heterocycles. The van der Waals surface area contributed by atoms with Crippen molar-refractivity contribution in [2.24, 2.45) is 0 Å². The first-order valence-electron chi connectivity index (χ1n) is 11.8. The second-order valence-corrected chi connectivity index (χ2v) is 15.5. The lowest BCUT2D eigenvalue weighted by Gasteiger charge is -2.22. The summed E-state index contributed by atoms with van der Waals surface area (Å²) in [5, 5.41) is 3.04. The first-order valence-corrected chi connectivity index (χ1v) is 15.6. The Morgan fingerprint density at radius 1 is 0.816 bits per heavy atom. The molecule has 0 bridgehead atoms. The van der Waals surface area contributed by atoms with Crippen molar-refractivity contribution in [3.63, 3.8) is 0 Å². The molecule has 0 saturated heterocycles. The number of hydrogen-bond donors (Lipinski definition) is 3. The summed E-state index contributed by atoms with van der Waals surface area (Å²) in [5.41, 5.74) is 0.465. The summed E-state index contributed by atoms with van der Waals surface area (Å²) in [6.07, 6.45) is 1.52. The lowest BCUT2D eigenvalue weighted by Crippen LogP contribution is -2.40. The third kappa shape index (κ3) is 7.48. The van der Waals surface area contributed by atoms with Gasteiger partial charge in [0, 0.05) is 41.0 Å². The molecule has 0 saturated carbocycles. The molecule has 0 unspecified atom stereocenters. The summed E-state index contributed by atoms with van der Waals surface area (Å²) in [4.78, 5) is 16.7. The van der Waals surface area contributed by atoms with Gasteiger partial charge in [0.1, 0.15) is 5.01 Å². The van der Waals surface area contributed by atoms with Gasteiger partial charge in [0.15, 0.2) is 0 Å². The Morgan fingerprint density at radius 2 is 1.34 bits per heavy atom. The minimum Gasteiger partial charge on any atom is -0.326 e. The van der Waals surface area contributed by atoms with Crippen molar-refractivity contribution in [3.05, 3.63) is 48.2 Å². The number of amides is 1. The summed E-state index contributed by atoms with van der Waals surface area (Å²) >= 11 is 1.18. The van der Waals surface area contributed by atoms with Gasteiger partial charge in [0.2, 0.25) is 26.0 Å². The van der Waals surface area contributed by atoms with Gasteiger partial charge >= 0.3 is 0 Å². The minimum absolute atomic E-state index is 0.0278. The van der Waals surface area contributed by atoms with E-state index in [9.17, 15) is 21.6 Å². The number of anilines is 1. The van der Waals surface area contributed by atoms with E-state index in [0.717, 1.165) is 5.56 Å². The highest BCUT2D eigenvalue weighted by molar-refractivity contribution is 7.90. The minimum atomic E-state index is -4.00. The molecule has 1 amide bonds. The van der Waals surface area contributed by atoms with Gasteiger partial charge in [0.25, 0.3) is 0 Å². The molecule has 1 heterocycles. The summed E-state index contributed by atoms with van der Waals surface area (Å²) < 4.78 is 58.6. The summed E-state index contributed by atoms with van der Waals surface area (Å²) in [6.45, 7) is 13.6. The van der Waals surface area contributed by atoms with Gasteiger partial charge in [-0.3, -0.25) is 4.79 Å². The van der Waals surface area contributed by atoms with Gasteiger partial charge in [-0.05, 0) is 72.2 Å². The number of nitrogens with zero attached hydrogens (tertiary/aromatic N) is 1. The quantitative estimate of drug-likeness (QED) is 0.365. The van der Waals surface area contributed by atoms with Crippen molar-refractivity contribution in [2.75, 3.05) is 5.32 Å². The number of carbonyl (C=O) groups is 1. The second kappa shape index (κ2) is 10.5. The molecule has 2 aromatic carbocycles. The van der Waals surface area contributed by atoms with E-state index < -0.39 is 31.1 Å². The van der Waals surface area contributed by atoms with Crippen molar-refractivity contribution >= 4 is 43.0 Å². The Hall–Kier alpha value is -2.64. The van der Waals surface area contributed by atoms with Crippen LogP contribution in [-0.4, -0.2) is 38.8 Å². The Morgan fingerprint density at radius 3 is 1.87 bits per heavy atom. The Bertz CT molecular complexity index is 1580. The van der Waals surface area contributed by atoms with E-state index in [1.54, 1.807) is 71.9 Å². The molecule has 3 rings (SSSR count). The molecule has 12 heteroatoms. The molecule has 0 spiro atoms. The summed E-state index contributed by atoms with van der Waals surface area (Å²) in [5.74, 6) is -0.332. The number of aryl methyl sites for hydroxylation is 1. The molecule has 0 fully saturated rings. The van der Waals surface area contributed by atoms with Crippen LogP contribution in [0.3, 0.4) is 0 Å². The number of benzene rings is 2. The first kappa shape index (κ1) is 29.9. The van der Waals surface area contributed by atoms with Gasteiger partial charge in [-0.1, -0.05) is 18.2 Å². The molecule has 9 nitrogen and oxygen atoms in total. The third-order valence-corrected chi connectivity index (χ3v) is 9.56. The number of hydrogen-bond acceptors (Lipinski definition) is 7. The highest BCUT2D eigenvalue weighted by Gasteiger charge is 2.28. The number of thiazole rings is 1. The standard InChI is InChI=1S/C26H34N4O5S3/c1-16-9-11-20(22(13-16)37(32,33)29-25(3,4)5)24-27-15-21(36-24)19-12-10-18(28-17(2)31)14-23(19)38(34,35)30-26(6,7)8/h9-15,29-30H,1-8H3,(H,28,31). The Kier molecular flexibility index (Phi) is 8.26. The van der Waals surface area contributed by atoms with Crippen LogP contribution >= 0.6 is 11.3 Å². The molecule has 0 aliphatic rings. The maximum absolute atomic E-state index is 13.4. The number of aromatic nitrogens is 1. The van der Waals surface area contributed by atoms with E-state index in [1.807, 2.05) is 6.92 Å². The molecule has 0 aliphatic heterocycles. The van der Waals surface area contributed by atoms with Crippen molar-refractivity contribution in [1.29, 1.82) is 0 Å². The predicted octanol–water partition coefficient (Wildman–Crippen LogP) is 4.90. The van der Waals surface area contributed by atoms with Gasteiger partial charge in [-0.2, -0.15) is 0 Å². The molecule has 3 N–H and O–H groups in total. The SMILES string of the molecule is CC(=O)Nc1ccc(-c2cnc(-c3ccc(C)cc3S(=O)(=O)NC(C)(C)C)s2)c(S(=O)(=O)NC(C)(C)C)c1. The molecular weight excluding hydrogens is 545 g/mol. The average molecular weight is 579 g/mol. The van der Waals surface area contributed by atoms with Gasteiger partial charge in [-0.25, -0.2) is 31.3 Å². The fourth-order valence-electron chi connectivity index (χ4n) is 3.70. The van der Waals surface area contributed by atoms with Crippen LogP contribution in [0.15, 0.2) is 52.4 Å². The zero-order chi connectivity index (χ0) is 28.7. The smallest absolute Gasteiger partial charge is 0.241 e. The van der Waals surface area contributed by atoms with Crippen LogP contribution < -0.4 is 14.8 Å². The normalized spacial score (nSPS) is 12.9. The van der Waals surface area contributed by atoms with Crippen molar-refractivity contribution in [2.45, 2.75) is 76.3 Å². The lowest BCUT2D eigenvalue weighted by atomic mass is 10.1. The van der Waals surface area contributed by atoms with E-state index in [-0.39, 0.29) is 15.7 Å². The van der Waals surface area contributed by atoms with Gasteiger partial charge < -0.3 is 5.32 Å². The maximum atomic E-state index is 13.4.